The third-order valence-corrected chi connectivity index (χ3v) is 6.57. The molecule has 0 aromatic heterocycles. The average molecular weight is 335 g/mol. The summed E-state index contributed by atoms with van der Waals surface area (Å²) < 4.78 is 27.5. The summed E-state index contributed by atoms with van der Waals surface area (Å²) in [5.74, 6) is 1.83. The van der Waals surface area contributed by atoms with E-state index in [2.05, 4.69) is 5.32 Å². The van der Waals surface area contributed by atoms with Gasteiger partial charge in [0.1, 0.15) is 0 Å². The van der Waals surface area contributed by atoms with Gasteiger partial charge in [-0.1, -0.05) is 0 Å². The third-order valence-electron chi connectivity index (χ3n) is 3.76. The van der Waals surface area contributed by atoms with Gasteiger partial charge in [-0.05, 0) is 36.7 Å². The highest BCUT2D eigenvalue weighted by Crippen LogP contribution is 2.25. The number of esters is 1. The van der Waals surface area contributed by atoms with Crippen molar-refractivity contribution in [3.8, 4) is 0 Å². The minimum absolute atomic E-state index is 0.0214. The number of amides is 1. The monoisotopic (exact) mass is 335 g/mol. The van der Waals surface area contributed by atoms with Crippen molar-refractivity contribution in [1.82, 2.24) is 5.32 Å². The number of hydrogen-bond donors (Lipinski definition) is 1. The lowest BCUT2D eigenvalue weighted by Crippen LogP contribution is -2.38. The standard InChI is InChI=1S/C13H21NO5S2/c15-12(14-11-3-6-21(17,18)9-11)8-19-13(16)7-10-1-4-20-5-2-10/h10-11H,1-9H2,(H,14,15)/t11-/m1/s1. The summed E-state index contributed by atoms with van der Waals surface area (Å²) in [7, 11) is -3.02. The summed E-state index contributed by atoms with van der Waals surface area (Å²) in [4.78, 5) is 23.3. The van der Waals surface area contributed by atoms with Crippen LogP contribution in [0.25, 0.3) is 0 Å². The molecule has 6 nitrogen and oxygen atoms in total. The molecule has 2 rings (SSSR count). The van der Waals surface area contributed by atoms with Gasteiger partial charge in [0.25, 0.3) is 5.91 Å². The number of thioether (sulfide) groups is 1. The Morgan fingerprint density at radius 3 is 2.52 bits per heavy atom. The van der Waals surface area contributed by atoms with Crippen molar-refractivity contribution in [3.05, 3.63) is 0 Å². The highest BCUT2D eigenvalue weighted by molar-refractivity contribution is 7.99. The largest absolute Gasteiger partial charge is 0.456 e. The second-order valence-electron chi connectivity index (χ2n) is 5.59. The van der Waals surface area contributed by atoms with Crippen LogP contribution in [0.5, 0.6) is 0 Å². The fraction of sp³-hybridized carbons (Fsp3) is 0.846. The fourth-order valence-electron chi connectivity index (χ4n) is 2.57. The lowest BCUT2D eigenvalue weighted by atomic mass is 9.99. The molecule has 2 aliphatic heterocycles. The maximum absolute atomic E-state index is 11.7. The third kappa shape index (κ3) is 5.86. The average Bonchev–Trinajstić information content (AvgIpc) is 2.77. The van der Waals surface area contributed by atoms with Crippen molar-refractivity contribution in [2.75, 3.05) is 29.6 Å². The van der Waals surface area contributed by atoms with Gasteiger partial charge in [0.2, 0.25) is 0 Å². The van der Waals surface area contributed by atoms with Crippen LogP contribution in [0.2, 0.25) is 0 Å². The van der Waals surface area contributed by atoms with Crippen LogP contribution in [-0.4, -0.2) is 56.0 Å². The summed E-state index contributed by atoms with van der Waals surface area (Å²) in [6.07, 6.45) is 2.84. The van der Waals surface area contributed by atoms with E-state index in [9.17, 15) is 18.0 Å². The highest BCUT2D eigenvalue weighted by atomic mass is 32.2. The molecule has 0 saturated carbocycles. The number of sulfone groups is 1. The van der Waals surface area contributed by atoms with E-state index in [1.54, 1.807) is 0 Å². The molecule has 2 saturated heterocycles. The van der Waals surface area contributed by atoms with Crippen molar-refractivity contribution in [3.63, 3.8) is 0 Å². The van der Waals surface area contributed by atoms with E-state index >= 15 is 0 Å². The molecule has 120 valence electrons. The molecule has 0 bridgehead atoms. The van der Waals surface area contributed by atoms with Gasteiger partial charge < -0.3 is 10.1 Å². The van der Waals surface area contributed by atoms with Gasteiger partial charge in [0.05, 0.1) is 11.5 Å². The Balaban J connectivity index is 1.63. The summed E-state index contributed by atoms with van der Waals surface area (Å²) in [5.41, 5.74) is 0. The van der Waals surface area contributed by atoms with Crippen LogP contribution in [-0.2, 0) is 24.2 Å². The van der Waals surface area contributed by atoms with Gasteiger partial charge in [0.15, 0.2) is 16.4 Å². The van der Waals surface area contributed by atoms with Crippen molar-refractivity contribution in [2.45, 2.75) is 31.7 Å². The number of carbonyl (C=O) groups is 2. The van der Waals surface area contributed by atoms with E-state index in [0.29, 0.717) is 18.8 Å². The van der Waals surface area contributed by atoms with Gasteiger partial charge in [-0.2, -0.15) is 11.8 Å². The number of hydrogen-bond acceptors (Lipinski definition) is 6. The fourth-order valence-corrected chi connectivity index (χ4v) is 5.45. The Labute approximate surface area is 129 Å². The molecular formula is C13H21NO5S2. The lowest BCUT2D eigenvalue weighted by molar-refractivity contribution is -0.149. The molecule has 1 atom stereocenters. The van der Waals surface area contributed by atoms with Gasteiger partial charge >= 0.3 is 5.97 Å². The topological polar surface area (TPSA) is 89.5 Å². The van der Waals surface area contributed by atoms with Crippen molar-refractivity contribution >= 4 is 33.5 Å². The van der Waals surface area contributed by atoms with Crippen LogP contribution in [0.3, 0.4) is 0 Å². The molecule has 0 radical (unpaired) electrons. The first-order valence-corrected chi connectivity index (χ1v) is 10.2. The molecule has 21 heavy (non-hydrogen) atoms. The maximum Gasteiger partial charge on any atom is 0.306 e. The molecule has 2 aliphatic rings. The van der Waals surface area contributed by atoms with E-state index in [-0.39, 0.29) is 30.1 Å². The quantitative estimate of drug-likeness (QED) is 0.730. The summed E-state index contributed by atoms with van der Waals surface area (Å²) in [6.45, 7) is -0.323. The van der Waals surface area contributed by atoms with E-state index in [0.717, 1.165) is 24.3 Å². The zero-order chi connectivity index (χ0) is 15.3. The maximum atomic E-state index is 11.7. The van der Waals surface area contributed by atoms with E-state index in [1.807, 2.05) is 11.8 Å². The number of rotatable bonds is 5. The molecule has 8 heteroatoms. The molecule has 0 aromatic rings. The summed E-state index contributed by atoms with van der Waals surface area (Å²) in [5, 5.41) is 2.59. The molecule has 1 N–H and O–H groups in total. The molecule has 2 fully saturated rings. The Morgan fingerprint density at radius 2 is 1.90 bits per heavy atom. The van der Waals surface area contributed by atoms with Crippen LogP contribution < -0.4 is 5.32 Å². The van der Waals surface area contributed by atoms with E-state index in [1.165, 1.54) is 0 Å². The molecule has 0 unspecified atom stereocenters. The van der Waals surface area contributed by atoms with Crippen molar-refractivity contribution < 1.29 is 22.7 Å². The SMILES string of the molecule is O=C(COC(=O)CC1CCSCC1)N[C@@H]1CCS(=O)(=O)C1. The minimum atomic E-state index is -3.02. The minimum Gasteiger partial charge on any atom is -0.456 e. The van der Waals surface area contributed by atoms with Crippen LogP contribution in [0.15, 0.2) is 0 Å². The van der Waals surface area contributed by atoms with E-state index < -0.39 is 15.7 Å². The Hall–Kier alpha value is -0.760. The molecule has 2 heterocycles. The highest BCUT2D eigenvalue weighted by Gasteiger charge is 2.29. The first-order chi connectivity index (χ1) is 9.94. The summed E-state index contributed by atoms with van der Waals surface area (Å²) in [6, 6.07) is -0.350. The predicted molar refractivity (Wildman–Crippen MR) is 80.8 cm³/mol. The van der Waals surface area contributed by atoms with Gasteiger partial charge in [-0.15, -0.1) is 0 Å². The van der Waals surface area contributed by atoms with Crippen LogP contribution in [0.1, 0.15) is 25.7 Å². The van der Waals surface area contributed by atoms with Crippen molar-refractivity contribution in [1.29, 1.82) is 0 Å². The smallest absolute Gasteiger partial charge is 0.306 e. The Bertz CT molecular complexity index is 485. The molecule has 0 aliphatic carbocycles. The number of ether oxygens (including phenoxy) is 1. The predicted octanol–water partition coefficient (Wildman–Crippen LogP) is 0.366. The van der Waals surface area contributed by atoms with Gasteiger partial charge in [-0.3, -0.25) is 9.59 Å². The first kappa shape index (κ1) is 16.6. The zero-order valence-corrected chi connectivity index (χ0v) is 13.5. The van der Waals surface area contributed by atoms with E-state index in [4.69, 9.17) is 4.74 Å². The van der Waals surface area contributed by atoms with Crippen LogP contribution in [0.4, 0.5) is 0 Å². The first-order valence-electron chi connectivity index (χ1n) is 7.18. The lowest BCUT2D eigenvalue weighted by Gasteiger charge is -2.20. The van der Waals surface area contributed by atoms with Gasteiger partial charge in [0, 0.05) is 12.5 Å². The molecular weight excluding hydrogens is 314 g/mol. The van der Waals surface area contributed by atoms with Crippen LogP contribution in [0, 0.1) is 5.92 Å². The number of nitrogens with one attached hydrogen (secondary N) is 1. The normalized spacial score (nSPS) is 25.4. The Kier molecular flexibility index (Phi) is 5.92. The van der Waals surface area contributed by atoms with Crippen LogP contribution >= 0.6 is 11.8 Å². The molecule has 0 aromatic carbocycles. The molecule has 1 amide bonds. The van der Waals surface area contributed by atoms with Gasteiger partial charge in [-0.25, -0.2) is 8.42 Å². The second kappa shape index (κ2) is 7.49. The zero-order valence-electron chi connectivity index (χ0n) is 11.9. The summed E-state index contributed by atoms with van der Waals surface area (Å²) >= 11 is 1.90. The molecule has 0 spiro atoms. The Morgan fingerprint density at radius 1 is 1.19 bits per heavy atom. The van der Waals surface area contributed by atoms with Crippen molar-refractivity contribution in [2.24, 2.45) is 5.92 Å². The number of carbonyl (C=O) groups excluding carboxylic acids is 2. The second-order valence-corrected chi connectivity index (χ2v) is 9.04.